The number of hydrogen-bond acceptors (Lipinski definition) is 3. The van der Waals surface area contributed by atoms with Gasteiger partial charge in [0.25, 0.3) is 0 Å². The highest BCUT2D eigenvalue weighted by Gasteiger charge is 2.12. The molecular weight excluding hydrogens is 272 g/mol. The van der Waals surface area contributed by atoms with E-state index in [2.05, 4.69) is 17.1 Å². The van der Waals surface area contributed by atoms with Gasteiger partial charge in [0.2, 0.25) is 0 Å². The molecule has 2 N–H and O–H groups in total. The molecule has 0 unspecified atom stereocenters. The zero-order valence-electron chi connectivity index (χ0n) is 11.9. The maximum atomic E-state index is 6.08. The molecule has 2 aromatic heterocycles. The largest absolute Gasteiger partial charge is 0.454 e. The van der Waals surface area contributed by atoms with Gasteiger partial charge in [-0.15, -0.1) is 0 Å². The van der Waals surface area contributed by atoms with Gasteiger partial charge in [0, 0.05) is 29.1 Å². The molecule has 22 heavy (non-hydrogen) atoms. The molecule has 0 saturated carbocycles. The lowest BCUT2D eigenvalue weighted by Crippen LogP contribution is -1.83. The van der Waals surface area contributed by atoms with Crippen molar-refractivity contribution in [3.05, 3.63) is 72.9 Å². The van der Waals surface area contributed by atoms with E-state index in [1.807, 2.05) is 60.8 Å². The highest BCUT2D eigenvalue weighted by atomic mass is 16.3. The zero-order chi connectivity index (χ0) is 14.9. The molecule has 0 aliphatic heterocycles. The monoisotopic (exact) mass is 286 g/mol. The van der Waals surface area contributed by atoms with Crippen molar-refractivity contribution >= 4 is 16.8 Å². The zero-order valence-corrected chi connectivity index (χ0v) is 11.9. The Morgan fingerprint density at radius 1 is 0.818 bits per heavy atom. The lowest BCUT2D eigenvalue weighted by Gasteiger charge is -2.01. The van der Waals surface area contributed by atoms with Gasteiger partial charge in [-0.1, -0.05) is 42.5 Å². The molecule has 4 aromatic rings. The van der Waals surface area contributed by atoms with Crippen LogP contribution in [0.4, 0.5) is 5.69 Å². The molecule has 0 aliphatic carbocycles. The quantitative estimate of drug-likeness (QED) is 0.541. The average Bonchev–Trinajstić information content (AvgIpc) is 3.00. The Kier molecular flexibility index (Phi) is 2.90. The first kappa shape index (κ1) is 12.7. The summed E-state index contributed by atoms with van der Waals surface area (Å²) in [6.45, 7) is 0. The lowest BCUT2D eigenvalue weighted by molar-refractivity contribution is 0.632. The summed E-state index contributed by atoms with van der Waals surface area (Å²) in [6.07, 6.45) is 1.81. The molecule has 0 radical (unpaired) electrons. The van der Waals surface area contributed by atoms with Crippen LogP contribution in [0.1, 0.15) is 0 Å². The first-order valence-electron chi connectivity index (χ1n) is 7.11. The van der Waals surface area contributed by atoms with E-state index < -0.39 is 0 Å². The second-order valence-corrected chi connectivity index (χ2v) is 5.18. The molecule has 0 atom stereocenters. The van der Waals surface area contributed by atoms with Crippen LogP contribution in [0, 0.1) is 0 Å². The fraction of sp³-hybridized carbons (Fsp3) is 0. The third-order valence-electron chi connectivity index (χ3n) is 3.67. The van der Waals surface area contributed by atoms with Gasteiger partial charge in [-0.3, -0.25) is 4.98 Å². The van der Waals surface area contributed by atoms with E-state index in [-0.39, 0.29) is 0 Å². The Morgan fingerprint density at radius 3 is 2.45 bits per heavy atom. The Balaban J connectivity index is 1.92. The van der Waals surface area contributed by atoms with Crippen molar-refractivity contribution in [2.45, 2.75) is 0 Å². The van der Waals surface area contributed by atoms with Crippen LogP contribution in [0.25, 0.3) is 33.6 Å². The minimum absolute atomic E-state index is 0.717. The minimum atomic E-state index is 0.717. The molecule has 4 rings (SSSR count). The van der Waals surface area contributed by atoms with Crippen molar-refractivity contribution in [1.29, 1.82) is 0 Å². The maximum absolute atomic E-state index is 6.08. The third-order valence-corrected chi connectivity index (χ3v) is 3.67. The number of furan rings is 1. The van der Waals surface area contributed by atoms with E-state index in [1.54, 1.807) is 0 Å². The molecule has 2 heterocycles. The molecule has 0 fully saturated rings. The predicted octanol–water partition coefficient (Wildman–Crippen LogP) is 4.74. The van der Waals surface area contributed by atoms with Gasteiger partial charge < -0.3 is 10.2 Å². The van der Waals surface area contributed by atoms with Gasteiger partial charge in [-0.25, -0.2) is 0 Å². The van der Waals surface area contributed by atoms with Gasteiger partial charge in [0.15, 0.2) is 5.58 Å². The van der Waals surface area contributed by atoms with Crippen molar-refractivity contribution < 1.29 is 4.42 Å². The Bertz CT molecular complexity index is 942. The summed E-state index contributed by atoms with van der Waals surface area (Å²) in [5.41, 5.74) is 11.3. The molecule has 3 heteroatoms. The third kappa shape index (κ3) is 2.13. The van der Waals surface area contributed by atoms with Gasteiger partial charge in [0.05, 0.1) is 0 Å². The van der Waals surface area contributed by atoms with Gasteiger partial charge >= 0.3 is 0 Å². The van der Waals surface area contributed by atoms with Crippen LogP contribution in [0.15, 0.2) is 77.3 Å². The second kappa shape index (κ2) is 5.04. The van der Waals surface area contributed by atoms with Crippen LogP contribution >= 0.6 is 0 Å². The highest BCUT2D eigenvalue weighted by Crippen LogP contribution is 2.33. The summed E-state index contributed by atoms with van der Waals surface area (Å²) < 4.78 is 6.08. The summed E-state index contributed by atoms with van der Waals surface area (Å²) in [5, 5.41) is 0. The van der Waals surface area contributed by atoms with Crippen molar-refractivity contribution in [3.63, 3.8) is 0 Å². The summed E-state index contributed by atoms with van der Waals surface area (Å²) in [5.74, 6) is 0.776. The molecule has 3 nitrogen and oxygen atoms in total. The first-order chi connectivity index (χ1) is 10.8. The molecular formula is C19H14N2O. The number of hydrogen-bond donors (Lipinski definition) is 1. The van der Waals surface area contributed by atoms with Crippen LogP contribution < -0.4 is 5.73 Å². The van der Waals surface area contributed by atoms with Crippen LogP contribution in [-0.2, 0) is 0 Å². The molecule has 0 spiro atoms. The molecule has 0 aliphatic rings. The number of nitrogen functional groups attached to an aromatic ring is 1. The molecule has 106 valence electrons. The lowest BCUT2D eigenvalue weighted by atomic mass is 10.1. The highest BCUT2D eigenvalue weighted by molar-refractivity contribution is 5.92. The van der Waals surface area contributed by atoms with E-state index in [4.69, 9.17) is 10.2 Å². The van der Waals surface area contributed by atoms with Gasteiger partial charge in [-0.2, -0.15) is 0 Å². The average molecular weight is 286 g/mol. The van der Waals surface area contributed by atoms with Crippen molar-refractivity contribution in [1.82, 2.24) is 4.98 Å². The molecule has 0 amide bonds. The molecule has 2 aromatic carbocycles. The predicted molar refractivity (Wildman–Crippen MR) is 89.3 cm³/mol. The Morgan fingerprint density at radius 2 is 1.64 bits per heavy atom. The van der Waals surface area contributed by atoms with Crippen molar-refractivity contribution in [3.8, 4) is 22.5 Å². The fourth-order valence-electron chi connectivity index (χ4n) is 2.62. The standard InChI is InChI=1S/C19H14N2O/c20-15-8-4-7-14(11-15)18-12-17-19(22-18)16(9-10-21-17)13-5-2-1-3-6-13/h1-12H,20H2. The number of anilines is 1. The van der Waals surface area contributed by atoms with E-state index in [1.165, 1.54) is 0 Å². The summed E-state index contributed by atoms with van der Waals surface area (Å²) >= 11 is 0. The fourth-order valence-corrected chi connectivity index (χ4v) is 2.62. The maximum Gasteiger partial charge on any atom is 0.161 e. The number of nitrogens with zero attached hydrogens (tertiary/aromatic N) is 1. The summed E-state index contributed by atoms with van der Waals surface area (Å²) in [6, 6.07) is 21.8. The van der Waals surface area contributed by atoms with Gasteiger partial charge in [-0.05, 0) is 23.8 Å². The van der Waals surface area contributed by atoms with Crippen LogP contribution in [0.3, 0.4) is 0 Å². The van der Waals surface area contributed by atoms with E-state index in [9.17, 15) is 0 Å². The van der Waals surface area contributed by atoms with E-state index in [0.29, 0.717) is 5.69 Å². The SMILES string of the molecule is Nc1cccc(-c2cc3nccc(-c4ccccc4)c3o2)c1. The van der Waals surface area contributed by atoms with Gasteiger partial charge in [0.1, 0.15) is 11.3 Å². The summed E-state index contributed by atoms with van der Waals surface area (Å²) in [4.78, 5) is 4.41. The number of rotatable bonds is 2. The first-order valence-corrected chi connectivity index (χ1v) is 7.11. The molecule has 0 bridgehead atoms. The van der Waals surface area contributed by atoms with Crippen molar-refractivity contribution in [2.24, 2.45) is 0 Å². The second-order valence-electron chi connectivity index (χ2n) is 5.18. The topological polar surface area (TPSA) is 52.0 Å². The Hall–Kier alpha value is -3.07. The smallest absolute Gasteiger partial charge is 0.161 e. The van der Waals surface area contributed by atoms with Crippen LogP contribution in [0.2, 0.25) is 0 Å². The minimum Gasteiger partial charge on any atom is -0.454 e. The number of nitrogens with two attached hydrogens (primary N) is 1. The van der Waals surface area contributed by atoms with Crippen LogP contribution in [-0.4, -0.2) is 4.98 Å². The number of pyridine rings is 1. The normalized spacial score (nSPS) is 10.9. The van der Waals surface area contributed by atoms with Crippen LogP contribution in [0.5, 0.6) is 0 Å². The number of benzene rings is 2. The van der Waals surface area contributed by atoms with E-state index in [0.717, 1.165) is 33.6 Å². The Labute approximate surface area is 128 Å². The number of aromatic nitrogens is 1. The van der Waals surface area contributed by atoms with E-state index >= 15 is 0 Å². The summed E-state index contributed by atoms with van der Waals surface area (Å²) in [7, 11) is 0. The van der Waals surface area contributed by atoms with Crippen molar-refractivity contribution in [2.75, 3.05) is 5.73 Å². The molecule has 0 saturated heterocycles. The number of fused-ring (bicyclic) bond motifs is 1.